The molecule has 1 amide bonds. The van der Waals surface area contributed by atoms with E-state index in [2.05, 4.69) is 25.7 Å². The number of carbonyl (C=O) groups excluding carboxylic acids is 1. The molecule has 1 aliphatic rings. The molecule has 2 heterocycles. The summed E-state index contributed by atoms with van der Waals surface area (Å²) in [6.45, 7) is 5.23. The van der Waals surface area contributed by atoms with Crippen molar-refractivity contribution in [2.45, 2.75) is 68.6 Å². The molecule has 6 aromatic rings. The Balaban J connectivity index is 1.44. The molecule has 0 fully saturated rings. The number of methoxy groups -OCH3 is 3. The van der Waals surface area contributed by atoms with Crippen LogP contribution < -0.4 is 29.6 Å². The second kappa shape index (κ2) is 20.3. The number of hydrogen-bond donors (Lipinski definition) is 3. The van der Waals surface area contributed by atoms with Gasteiger partial charge in [-0.3, -0.25) is 0 Å². The monoisotopic (exact) mass is 938 g/mol. The van der Waals surface area contributed by atoms with E-state index in [0.29, 0.717) is 45.9 Å². The quantitative estimate of drug-likeness (QED) is 0.0775. The Morgan fingerprint density at radius 2 is 1.35 bits per heavy atom. The first-order valence-corrected chi connectivity index (χ1v) is 24.2. The lowest BCUT2D eigenvalue weighted by Crippen LogP contribution is -2.38. The number of tetrazole rings is 1. The first kappa shape index (κ1) is 47.4. The number of ether oxygens (including phenoxy) is 4. The molecule has 5 aromatic carbocycles. The molecule has 0 unspecified atom stereocenters. The maximum atomic E-state index is 16.0. The van der Waals surface area contributed by atoms with Gasteiger partial charge in [-0.25, -0.2) is 26.4 Å². The van der Waals surface area contributed by atoms with Crippen LogP contribution in [0.15, 0.2) is 113 Å². The lowest BCUT2D eigenvalue weighted by molar-refractivity contribution is 0.0528. The third-order valence-corrected chi connectivity index (χ3v) is 14.2. The number of carbonyl (C=O) groups is 1. The second-order valence-electron chi connectivity index (χ2n) is 16.5. The van der Waals surface area contributed by atoms with Gasteiger partial charge in [0.25, 0.3) is 0 Å². The Morgan fingerprint density at radius 3 is 1.92 bits per heavy atom. The van der Waals surface area contributed by atoms with Crippen molar-refractivity contribution < 1.29 is 40.6 Å². The zero-order valence-corrected chi connectivity index (χ0v) is 39.3. The van der Waals surface area contributed by atoms with Gasteiger partial charge < -0.3 is 29.6 Å². The van der Waals surface area contributed by atoms with Crippen molar-refractivity contribution in [1.82, 2.24) is 34.6 Å². The maximum absolute atomic E-state index is 16.0. The third kappa shape index (κ3) is 11.3. The highest BCUT2D eigenvalue weighted by Crippen LogP contribution is 2.44. The number of benzene rings is 5. The number of fused-ring (bicyclic) bond motifs is 1. The first-order chi connectivity index (χ1) is 31.6. The van der Waals surface area contributed by atoms with E-state index >= 15 is 8.42 Å². The Hall–Kier alpha value is -6.54. The number of anilines is 1. The molecule has 66 heavy (non-hydrogen) atoms. The number of hydrogen-bond acceptors (Lipinski definition) is 13. The van der Waals surface area contributed by atoms with Gasteiger partial charge >= 0.3 is 6.09 Å². The van der Waals surface area contributed by atoms with E-state index in [1.54, 1.807) is 94.6 Å². The summed E-state index contributed by atoms with van der Waals surface area (Å²) in [5.41, 5.74) is 4.04. The summed E-state index contributed by atoms with van der Waals surface area (Å²) in [6, 6.07) is 29.8. The molecule has 0 atom stereocenters. The van der Waals surface area contributed by atoms with Crippen LogP contribution in [0.3, 0.4) is 0 Å². The molecule has 0 spiro atoms. The van der Waals surface area contributed by atoms with Crippen molar-refractivity contribution in [3.8, 4) is 39.8 Å². The Bertz CT molecular complexity index is 2820. The van der Waals surface area contributed by atoms with E-state index < -0.39 is 41.5 Å². The molecular formula is C47H54N8O9S2. The summed E-state index contributed by atoms with van der Waals surface area (Å²) >= 11 is 0. The zero-order chi connectivity index (χ0) is 47.1. The fourth-order valence-corrected chi connectivity index (χ4v) is 11.0. The lowest BCUT2D eigenvalue weighted by atomic mass is 9.90. The lowest BCUT2D eigenvalue weighted by Gasteiger charge is -2.27. The first-order valence-electron chi connectivity index (χ1n) is 21.3. The zero-order valence-electron chi connectivity index (χ0n) is 37.7. The number of rotatable bonds is 18. The minimum Gasteiger partial charge on any atom is -0.497 e. The number of alkyl carbamates (subject to hydrolysis) is 1. The Labute approximate surface area is 385 Å². The highest BCUT2D eigenvalue weighted by molar-refractivity contribution is 7.92. The molecule has 1 aromatic heterocycles. The van der Waals surface area contributed by atoms with E-state index in [4.69, 9.17) is 24.0 Å². The van der Waals surface area contributed by atoms with Crippen LogP contribution in [-0.2, 0) is 50.8 Å². The second-order valence-corrected chi connectivity index (χ2v) is 20.1. The van der Waals surface area contributed by atoms with Gasteiger partial charge in [0.15, 0.2) is 0 Å². The molecule has 17 nitrogen and oxygen atoms in total. The summed E-state index contributed by atoms with van der Waals surface area (Å²) in [5, 5.41) is 19.6. The van der Waals surface area contributed by atoms with Crippen molar-refractivity contribution in [3.05, 3.63) is 125 Å². The van der Waals surface area contributed by atoms with Crippen molar-refractivity contribution in [2.24, 2.45) is 0 Å². The smallest absolute Gasteiger partial charge is 0.407 e. The normalized spacial score (nSPS) is 12.8. The average molecular weight is 939 g/mol. The molecule has 0 bridgehead atoms. The van der Waals surface area contributed by atoms with Crippen molar-refractivity contribution >= 4 is 31.8 Å². The van der Waals surface area contributed by atoms with Gasteiger partial charge in [-0.1, -0.05) is 54.6 Å². The SMILES string of the molecule is COc1ccc(CN(Cc2ccc(OC)cc2)S(=O)(=O)c2c(S(=O)(=O)NCCNC(=O)OC(C)(C)C)ccc(-c3cccc4c3CCCN4)c2-c2nnn(Cc3ccc(OC)cc3)n2)cc1. The highest BCUT2D eigenvalue weighted by Gasteiger charge is 2.38. The number of nitrogens with one attached hydrogen (secondary N) is 3. The number of amides is 1. The van der Waals surface area contributed by atoms with Crippen molar-refractivity contribution in [1.29, 1.82) is 0 Å². The van der Waals surface area contributed by atoms with E-state index in [-0.39, 0.29) is 44.1 Å². The van der Waals surface area contributed by atoms with E-state index in [1.165, 1.54) is 29.4 Å². The molecule has 348 valence electrons. The predicted molar refractivity (Wildman–Crippen MR) is 249 cm³/mol. The fourth-order valence-electron chi connectivity index (χ4n) is 7.51. The molecule has 0 saturated heterocycles. The van der Waals surface area contributed by atoms with Crippen LogP contribution in [0.2, 0.25) is 0 Å². The van der Waals surface area contributed by atoms with Crippen LogP contribution in [0.4, 0.5) is 10.5 Å². The van der Waals surface area contributed by atoms with Gasteiger partial charge in [-0.15, -0.1) is 10.2 Å². The number of aromatic nitrogens is 4. The van der Waals surface area contributed by atoms with Gasteiger partial charge in [0.05, 0.1) is 33.4 Å². The maximum Gasteiger partial charge on any atom is 0.407 e. The minimum absolute atomic E-state index is 0.0563. The number of nitrogens with zero attached hydrogens (tertiary/aromatic N) is 5. The average Bonchev–Trinajstić information content (AvgIpc) is 3.77. The van der Waals surface area contributed by atoms with Crippen molar-refractivity contribution in [3.63, 3.8) is 0 Å². The fraction of sp³-hybridized carbons (Fsp3) is 0.319. The topological polar surface area (TPSA) is 205 Å². The summed E-state index contributed by atoms with van der Waals surface area (Å²) in [7, 11) is -4.92. The Morgan fingerprint density at radius 1 is 0.758 bits per heavy atom. The van der Waals surface area contributed by atoms with Gasteiger partial charge in [0, 0.05) is 38.4 Å². The van der Waals surface area contributed by atoms with Gasteiger partial charge in [-0.05, 0) is 121 Å². The van der Waals surface area contributed by atoms with Gasteiger partial charge in [-0.2, -0.15) is 9.10 Å². The molecule has 0 aliphatic carbocycles. The standard InChI is InChI=1S/C47H54N8O9S2/c1-47(2,3)64-46(56)49-27-28-50-65(57,58)42-25-24-40(38-9-7-11-41-39(38)10-8-26-48-41)43(45-51-53-55(52-45)31-34-16-22-37(63-6)23-17-34)44(42)66(59,60)54(29-32-12-18-35(61-4)19-13-32)30-33-14-20-36(62-5)21-15-33/h7,9,11-25,48,50H,8,10,26-31H2,1-6H3,(H,49,56). The van der Waals surface area contributed by atoms with Crippen LogP contribution in [0.5, 0.6) is 17.2 Å². The van der Waals surface area contributed by atoms with Crippen molar-refractivity contribution in [2.75, 3.05) is 46.3 Å². The third-order valence-electron chi connectivity index (χ3n) is 10.7. The molecule has 0 radical (unpaired) electrons. The molecule has 1 aliphatic heterocycles. The van der Waals surface area contributed by atoms with E-state index in [9.17, 15) is 13.2 Å². The van der Waals surface area contributed by atoms with E-state index in [1.807, 2.05) is 30.3 Å². The van der Waals surface area contributed by atoms with Crippen LogP contribution in [-0.4, -0.2) is 94.0 Å². The van der Waals surface area contributed by atoms with Crippen LogP contribution in [0.1, 0.15) is 49.4 Å². The Kier molecular flexibility index (Phi) is 14.6. The molecule has 0 saturated carbocycles. The largest absolute Gasteiger partial charge is 0.497 e. The molecule has 3 N–H and O–H groups in total. The van der Waals surface area contributed by atoms with Crippen LogP contribution >= 0.6 is 0 Å². The predicted octanol–water partition coefficient (Wildman–Crippen LogP) is 6.63. The minimum atomic E-state index is -4.88. The molecular weight excluding hydrogens is 885 g/mol. The highest BCUT2D eigenvalue weighted by atomic mass is 32.2. The van der Waals surface area contributed by atoms with Gasteiger partial charge in [0.1, 0.15) is 32.6 Å². The summed E-state index contributed by atoms with van der Waals surface area (Å²) in [6.07, 6.45) is 0.741. The number of sulfonamides is 2. The van der Waals surface area contributed by atoms with E-state index in [0.717, 1.165) is 29.8 Å². The molecule has 19 heteroatoms. The van der Waals surface area contributed by atoms with Crippen LogP contribution in [0, 0.1) is 0 Å². The summed E-state index contributed by atoms with van der Waals surface area (Å²) < 4.78 is 86.8. The summed E-state index contributed by atoms with van der Waals surface area (Å²) in [5.74, 6) is 1.69. The van der Waals surface area contributed by atoms with Gasteiger partial charge in [0.2, 0.25) is 25.9 Å². The molecule has 7 rings (SSSR count). The van der Waals surface area contributed by atoms with Crippen LogP contribution in [0.25, 0.3) is 22.5 Å². The summed E-state index contributed by atoms with van der Waals surface area (Å²) in [4.78, 5) is 12.7.